The zero-order valence-electron chi connectivity index (χ0n) is 13.5. The first-order valence-electron chi connectivity index (χ1n) is 7.85. The number of fused-ring (bicyclic) bond motifs is 1. The van der Waals surface area contributed by atoms with E-state index in [-0.39, 0.29) is 29.7 Å². The quantitative estimate of drug-likeness (QED) is 0.583. The summed E-state index contributed by atoms with van der Waals surface area (Å²) in [5, 5.41) is 8.16. The lowest BCUT2D eigenvalue weighted by Crippen LogP contribution is -2.24. The van der Waals surface area contributed by atoms with Gasteiger partial charge >= 0.3 is 0 Å². The van der Waals surface area contributed by atoms with E-state index in [1.165, 1.54) is 6.20 Å². The number of aromatic nitrogens is 4. The Labute approximate surface area is 146 Å². The van der Waals surface area contributed by atoms with Crippen LogP contribution in [0.3, 0.4) is 0 Å². The van der Waals surface area contributed by atoms with Crippen LogP contribution in [0.5, 0.6) is 0 Å². The lowest BCUT2D eigenvalue weighted by Gasteiger charge is -2.05. The van der Waals surface area contributed by atoms with Gasteiger partial charge in [0.25, 0.3) is 11.5 Å². The molecule has 1 aromatic carbocycles. The Bertz CT molecular complexity index is 1140. The van der Waals surface area contributed by atoms with Crippen molar-refractivity contribution in [2.45, 2.75) is 6.54 Å². The zero-order chi connectivity index (χ0) is 17.9. The Morgan fingerprint density at radius 1 is 1.15 bits per heavy atom. The largest absolute Gasteiger partial charge is 0.342 e. The molecule has 0 bridgehead atoms. The highest BCUT2D eigenvalue weighted by molar-refractivity contribution is 6.05. The fraction of sp³-hybridized carbons (Fsp3) is 0.0556. The minimum Gasteiger partial charge on any atom is -0.342 e. The molecule has 0 radical (unpaired) electrons. The molecule has 0 aliphatic heterocycles. The van der Waals surface area contributed by atoms with Crippen LogP contribution < -0.4 is 10.9 Å². The first-order chi connectivity index (χ1) is 12.7. The van der Waals surface area contributed by atoms with Crippen LogP contribution in [0, 0.1) is 0 Å². The van der Waals surface area contributed by atoms with E-state index < -0.39 is 0 Å². The monoisotopic (exact) mass is 347 g/mol. The van der Waals surface area contributed by atoms with Gasteiger partial charge in [0.1, 0.15) is 5.69 Å². The van der Waals surface area contributed by atoms with E-state index >= 15 is 0 Å². The molecule has 0 spiro atoms. The van der Waals surface area contributed by atoms with Gasteiger partial charge in [-0.2, -0.15) is 4.98 Å². The van der Waals surface area contributed by atoms with E-state index in [4.69, 9.17) is 4.52 Å². The molecule has 0 aliphatic rings. The third-order valence-electron chi connectivity index (χ3n) is 3.82. The number of benzene rings is 1. The van der Waals surface area contributed by atoms with Gasteiger partial charge in [-0.05, 0) is 23.6 Å². The number of hydrogen-bond acceptors (Lipinski definition) is 6. The molecule has 3 aromatic heterocycles. The van der Waals surface area contributed by atoms with Gasteiger partial charge in [-0.15, -0.1) is 0 Å². The minimum absolute atomic E-state index is 0.0292. The van der Waals surface area contributed by atoms with Crippen LogP contribution in [0.1, 0.15) is 16.4 Å². The van der Waals surface area contributed by atoms with Crippen LogP contribution in [0.15, 0.2) is 64.2 Å². The average molecular weight is 347 g/mol. The minimum atomic E-state index is -0.348. The second-order valence-corrected chi connectivity index (χ2v) is 5.49. The van der Waals surface area contributed by atoms with Gasteiger partial charge in [-0.1, -0.05) is 29.4 Å². The SMILES string of the molecule is O=C(NCc1nc(-c2ccc[nH]c2=O)no1)c1nccc2ccccc12. The molecule has 8 nitrogen and oxygen atoms in total. The Hall–Kier alpha value is -3.81. The van der Waals surface area contributed by atoms with Crippen LogP contribution >= 0.6 is 0 Å². The molecule has 0 unspecified atom stereocenters. The lowest BCUT2D eigenvalue weighted by atomic mass is 10.1. The molecule has 2 N–H and O–H groups in total. The Kier molecular flexibility index (Phi) is 3.98. The van der Waals surface area contributed by atoms with Gasteiger partial charge < -0.3 is 14.8 Å². The second kappa shape index (κ2) is 6.60. The summed E-state index contributed by atoms with van der Waals surface area (Å²) in [6.45, 7) is 0.0292. The van der Waals surface area contributed by atoms with Crippen molar-refractivity contribution in [1.82, 2.24) is 25.4 Å². The molecule has 4 rings (SSSR count). The van der Waals surface area contributed by atoms with Gasteiger partial charge in [-0.25, -0.2) is 0 Å². The maximum Gasteiger partial charge on any atom is 0.270 e. The molecular formula is C18H13N5O3. The predicted octanol–water partition coefficient (Wildman–Crippen LogP) is 1.90. The van der Waals surface area contributed by atoms with E-state index in [0.29, 0.717) is 11.3 Å². The van der Waals surface area contributed by atoms with E-state index in [1.54, 1.807) is 18.3 Å². The van der Waals surface area contributed by atoms with Crippen LogP contribution in [-0.2, 0) is 6.54 Å². The van der Waals surface area contributed by atoms with Gasteiger partial charge in [0.15, 0.2) is 0 Å². The highest BCUT2D eigenvalue weighted by Gasteiger charge is 2.15. The molecule has 1 amide bonds. The maximum atomic E-state index is 12.4. The highest BCUT2D eigenvalue weighted by atomic mass is 16.5. The van der Waals surface area contributed by atoms with Crippen molar-refractivity contribution >= 4 is 16.7 Å². The van der Waals surface area contributed by atoms with Gasteiger partial charge in [0.2, 0.25) is 11.7 Å². The molecule has 8 heteroatoms. The standard InChI is InChI=1S/C18H13N5O3/c24-17-13(6-3-8-20-17)16-22-14(26-23-16)10-21-18(25)15-12-5-2-1-4-11(12)7-9-19-15/h1-9H,10H2,(H,20,24)(H,21,25). The van der Waals surface area contributed by atoms with Crippen LogP contribution in [0.4, 0.5) is 0 Å². The normalized spacial score (nSPS) is 10.8. The summed E-state index contributed by atoms with van der Waals surface area (Å²) in [5.41, 5.74) is 0.302. The number of carbonyl (C=O) groups excluding carboxylic acids is 1. The molecule has 128 valence electrons. The van der Waals surface area contributed by atoms with Crippen molar-refractivity contribution in [3.8, 4) is 11.4 Å². The van der Waals surface area contributed by atoms with E-state index in [1.807, 2.05) is 30.3 Å². The highest BCUT2D eigenvalue weighted by Crippen LogP contribution is 2.16. The summed E-state index contributed by atoms with van der Waals surface area (Å²) in [7, 11) is 0. The fourth-order valence-corrected chi connectivity index (χ4v) is 2.57. The van der Waals surface area contributed by atoms with Crippen molar-refractivity contribution in [1.29, 1.82) is 0 Å². The molecule has 4 aromatic rings. The van der Waals surface area contributed by atoms with E-state index in [2.05, 4.69) is 25.4 Å². The predicted molar refractivity (Wildman–Crippen MR) is 93.3 cm³/mol. The number of carbonyl (C=O) groups is 1. The number of rotatable bonds is 4. The number of pyridine rings is 2. The van der Waals surface area contributed by atoms with Crippen molar-refractivity contribution in [3.63, 3.8) is 0 Å². The lowest BCUT2D eigenvalue weighted by molar-refractivity contribution is 0.0943. The summed E-state index contributed by atoms with van der Waals surface area (Å²) in [5.74, 6) is 0.00957. The number of aromatic amines is 1. The maximum absolute atomic E-state index is 12.4. The molecule has 26 heavy (non-hydrogen) atoms. The summed E-state index contributed by atoms with van der Waals surface area (Å²) >= 11 is 0. The van der Waals surface area contributed by atoms with Crippen molar-refractivity contribution in [2.75, 3.05) is 0 Å². The summed E-state index contributed by atoms with van der Waals surface area (Å²) in [4.78, 5) is 35.0. The van der Waals surface area contributed by atoms with E-state index in [0.717, 1.165) is 10.8 Å². The van der Waals surface area contributed by atoms with Crippen LogP contribution in [-0.4, -0.2) is 26.0 Å². The molecule has 0 saturated carbocycles. The Morgan fingerprint density at radius 2 is 2.04 bits per heavy atom. The molecule has 0 fully saturated rings. The fourth-order valence-electron chi connectivity index (χ4n) is 2.57. The summed E-state index contributed by atoms with van der Waals surface area (Å²) in [6, 6.07) is 12.6. The molecule has 0 aliphatic carbocycles. The first kappa shape index (κ1) is 15.7. The van der Waals surface area contributed by atoms with Crippen molar-refractivity contribution < 1.29 is 9.32 Å². The number of H-pyrrole nitrogens is 1. The average Bonchev–Trinajstić information content (AvgIpc) is 3.15. The molecule has 0 atom stereocenters. The first-order valence-corrected chi connectivity index (χ1v) is 7.85. The topological polar surface area (TPSA) is 114 Å². The Balaban J connectivity index is 1.52. The van der Waals surface area contributed by atoms with Gasteiger partial charge in [0.05, 0.1) is 12.1 Å². The third kappa shape index (κ3) is 2.95. The second-order valence-electron chi connectivity index (χ2n) is 5.49. The molecule has 0 saturated heterocycles. The number of amides is 1. The third-order valence-corrected chi connectivity index (χ3v) is 3.82. The summed E-state index contributed by atoms with van der Waals surface area (Å²) < 4.78 is 5.10. The smallest absolute Gasteiger partial charge is 0.270 e. The van der Waals surface area contributed by atoms with E-state index in [9.17, 15) is 9.59 Å². The van der Waals surface area contributed by atoms with Crippen LogP contribution in [0.2, 0.25) is 0 Å². The van der Waals surface area contributed by atoms with Gasteiger partial charge in [0, 0.05) is 17.8 Å². The Morgan fingerprint density at radius 3 is 2.92 bits per heavy atom. The summed E-state index contributed by atoms with van der Waals surface area (Å²) in [6.07, 6.45) is 3.11. The molecular weight excluding hydrogens is 334 g/mol. The van der Waals surface area contributed by atoms with Crippen molar-refractivity contribution in [3.05, 3.63) is 76.8 Å². The number of nitrogens with one attached hydrogen (secondary N) is 2. The number of nitrogens with zero attached hydrogens (tertiary/aromatic N) is 3. The number of hydrogen-bond donors (Lipinski definition) is 2. The van der Waals surface area contributed by atoms with Crippen molar-refractivity contribution in [2.24, 2.45) is 0 Å². The van der Waals surface area contributed by atoms with Gasteiger partial charge in [-0.3, -0.25) is 14.6 Å². The van der Waals surface area contributed by atoms with Crippen LogP contribution in [0.25, 0.3) is 22.2 Å². The zero-order valence-corrected chi connectivity index (χ0v) is 13.5. The molecule has 3 heterocycles.